The highest BCUT2D eigenvalue weighted by Crippen LogP contribution is 2.20. The van der Waals surface area contributed by atoms with Gasteiger partial charge in [0.2, 0.25) is 5.91 Å². The molecule has 88 valence electrons. The van der Waals surface area contributed by atoms with Crippen molar-refractivity contribution in [3.05, 3.63) is 33.8 Å². The average molecular weight is 286 g/mol. The summed E-state index contributed by atoms with van der Waals surface area (Å²) in [5.74, 6) is -0.0877. The van der Waals surface area contributed by atoms with Crippen molar-refractivity contribution in [2.75, 3.05) is 13.2 Å². The molecule has 0 radical (unpaired) electrons. The summed E-state index contributed by atoms with van der Waals surface area (Å²) in [6, 6.07) is 5.98. The molecule has 0 atom stereocenters. The van der Waals surface area contributed by atoms with Gasteiger partial charge in [-0.05, 0) is 25.0 Å². The van der Waals surface area contributed by atoms with Crippen molar-refractivity contribution >= 4 is 21.8 Å². The Labute approximate surface area is 104 Å². The molecule has 0 aliphatic rings. The fraction of sp³-hybridized carbons (Fsp3) is 0.417. The van der Waals surface area contributed by atoms with Crippen molar-refractivity contribution in [2.45, 2.75) is 20.4 Å². The summed E-state index contributed by atoms with van der Waals surface area (Å²) in [5.41, 5.74) is 2.24. The number of benzene rings is 1. The SMILES string of the molecule is CCOCC(=O)NCc1cccc(C)c1Br. The highest BCUT2D eigenvalue weighted by molar-refractivity contribution is 9.10. The van der Waals surface area contributed by atoms with Crippen molar-refractivity contribution in [3.8, 4) is 0 Å². The first-order chi connectivity index (χ1) is 7.65. The fourth-order valence-electron chi connectivity index (χ4n) is 1.28. The molecule has 0 aliphatic heterocycles. The predicted molar refractivity (Wildman–Crippen MR) is 67.2 cm³/mol. The molecule has 0 aromatic heterocycles. The third kappa shape index (κ3) is 3.94. The Kier molecular flexibility index (Phi) is 5.49. The largest absolute Gasteiger partial charge is 0.372 e. The highest BCUT2D eigenvalue weighted by atomic mass is 79.9. The summed E-state index contributed by atoms with van der Waals surface area (Å²) in [6.45, 7) is 5.09. The van der Waals surface area contributed by atoms with Gasteiger partial charge in [-0.15, -0.1) is 0 Å². The Morgan fingerprint density at radius 2 is 2.25 bits per heavy atom. The standard InChI is InChI=1S/C12H16BrNO2/c1-3-16-8-11(15)14-7-10-6-4-5-9(2)12(10)13/h4-6H,3,7-8H2,1-2H3,(H,14,15). The summed E-state index contributed by atoms with van der Waals surface area (Å²) in [5, 5.41) is 2.81. The van der Waals surface area contributed by atoms with Crippen molar-refractivity contribution in [2.24, 2.45) is 0 Å². The van der Waals surface area contributed by atoms with Crippen LogP contribution in [0.15, 0.2) is 22.7 Å². The number of carbonyl (C=O) groups excluding carboxylic acids is 1. The molecule has 0 aliphatic carbocycles. The Bertz CT molecular complexity index is 366. The summed E-state index contributed by atoms with van der Waals surface area (Å²) in [7, 11) is 0. The van der Waals surface area contributed by atoms with Gasteiger partial charge in [0.15, 0.2) is 0 Å². The second kappa shape index (κ2) is 6.66. The molecule has 0 bridgehead atoms. The van der Waals surface area contributed by atoms with E-state index in [0.29, 0.717) is 13.2 Å². The lowest BCUT2D eigenvalue weighted by Crippen LogP contribution is -2.27. The normalized spacial score (nSPS) is 10.2. The molecule has 1 amide bonds. The quantitative estimate of drug-likeness (QED) is 0.902. The number of hydrogen-bond acceptors (Lipinski definition) is 2. The number of nitrogens with one attached hydrogen (secondary N) is 1. The van der Waals surface area contributed by atoms with Gasteiger partial charge < -0.3 is 10.1 Å². The van der Waals surface area contributed by atoms with Gasteiger partial charge in [0.05, 0.1) is 0 Å². The number of halogens is 1. The van der Waals surface area contributed by atoms with E-state index in [1.54, 1.807) is 0 Å². The van der Waals surface area contributed by atoms with Crippen molar-refractivity contribution in [3.63, 3.8) is 0 Å². The highest BCUT2D eigenvalue weighted by Gasteiger charge is 2.04. The molecule has 1 N–H and O–H groups in total. The van der Waals surface area contributed by atoms with Crippen LogP contribution in [0.2, 0.25) is 0 Å². The minimum atomic E-state index is -0.0877. The van der Waals surface area contributed by atoms with Crippen LogP contribution in [0.4, 0.5) is 0 Å². The monoisotopic (exact) mass is 285 g/mol. The van der Waals surface area contributed by atoms with Crippen LogP contribution < -0.4 is 5.32 Å². The van der Waals surface area contributed by atoms with Crippen LogP contribution in [-0.4, -0.2) is 19.1 Å². The topological polar surface area (TPSA) is 38.3 Å². The van der Waals surface area contributed by atoms with Crippen LogP contribution in [0, 0.1) is 6.92 Å². The van der Waals surface area contributed by atoms with Crippen molar-refractivity contribution in [1.29, 1.82) is 0 Å². The molecule has 16 heavy (non-hydrogen) atoms. The number of hydrogen-bond donors (Lipinski definition) is 1. The van der Waals surface area contributed by atoms with E-state index >= 15 is 0 Å². The second-order valence-corrected chi connectivity index (χ2v) is 4.25. The summed E-state index contributed by atoms with van der Waals surface area (Å²) < 4.78 is 6.06. The number of aryl methyl sites for hydroxylation is 1. The average Bonchev–Trinajstić information content (AvgIpc) is 2.28. The first kappa shape index (κ1) is 13.2. The maximum absolute atomic E-state index is 11.3. The number of ether oxygens (including phenoxy) is 1. The van der Waals surface area contributed by atoms with E-state index in [-0.39, 0.29) is 12.5 Å². The lowest BCUT2D eigenvalue weighted by Gasteiger charge is -2.08. The molecule has 1 aromatic rings. The predicted octanol–water partition coefficient (Wildman–Crippen LogP) is 2.41. The van der Waals surface area contributed by atoms with Gasteiger partial charge in [-0.1, -0.05) is 34.1 Å². The van der Waals surface area contributed by atoms with E-state index < -0.39 is 0 Å². The van der Waals surface area contributed by atoms with Gasteiger partial charge in [-0.2, -0.15) is 0 Å². The van der Waals surface area contributed by atoms with E-state index in [2.05, 4.69) is 21.2 Å². The zero-order chi connectivity index (χ0) is 12.0. The Morgan fingerprint density at radius 1 is 1.50 bits per heavy atom. The van der Waals surface area contributed by atoms with Gasteiger partial charge in [-0.25, -0.2) is 0 Å². The Hall–Kier alpha value is -0.870. The maximum Gasteiger partial charge on any atom is 0.246 e. The van der Waals surface area contributed by atoms with Gasteiger partial charge in [0.1, 0.15) is 6.61 Å². The third-order valence-corrected chi connectivity index (χ3v) is 3.32. The summed E-state index contributed by atoms with van der Waals surface area (Å²) >= 11 is 3.50. The number of carbonyl (C=O) groups is 1. The molecule has 1 aromatic carbocycles. The fourth-order valence-corrected chi connectivity index (χ4v) is 1.69. The second-order valence-electron chi connectivity index (χ2n) is 3.46. The molecule has 0 fully saturated rings. The molecule has 3 nitrogen and oxygen atoms in total. The first-order valence-electron chi connectivity index (χ1n) is 5.23. The third-order valence-electron chi connectivity index (χ3n) is 2.19. The molecule has 4 heteroatoms. The van der Waals surface area contributed by atoms with Gasteiger partial charge >= 0.3 is 0 Å². The lowest BCUT2D eigenvalue weighted by molar-refractivity contribution is -0.125. The van der Waals surface area contributed by atoms with Gasteiger partial charge in [-0.3, -0.25) is 4.79 Å². The maximum atomic E-state index is 11.3. The zero-order valence-corrected chi connectivity index (χ0v) is 11.1. The minimum Gasteiger partial charge on any atom is -0.372 e. The first-order valence-corrected chi connectivity index (χ1v) is 6.03. The smallest absolute Gasteiger partial charge is 0.246 e. The van der Waals surface area contributed by atoms with Gasteiger partial charge in [0.25, 0.3) is 0 Å². The van der Waals surface area contributed by atoms with E-state index in [0.717, 1.165) is 15.6 Å². The number of rotatable bonds is 5. The molecule has 0 saturated carbocycles. The molecular formula is C12H16BrNO2. The Morgan fingerprint density at radius 3 is 2.94 bits per heavy atom. The van der Waals surface area contributed by atoms with Crippen LogP contribution in [0.3, 0.4) is 0 Å². The molecule has 0 unspecified atom stereocenters. The molecule has 0 spiro atoms. The minimum absolute atomic E-state index is 0.0877. The lowest BCUT2D eigenvalue weighted by atomic mass is 10.1. The van der Waals surface area contributed by atoms with Crippen molar-refractivity contribution < 1.29 is 9.53 Å². The van der Waals surface area contributed by atoms with Crippen LogP contribution in [0.25, 0.3) is 0 Å². The van der Waals surface area contributed by atoms with Crippen LogP contribution in [0.5, 0.6) is 0 Å². The van der Waals surface area contributed by atoms with Crippen molar-refractivity contribution in [1.82, 2.24) is 5.32 Å². The van der Waals surface area contributed by atoms with Crippen LogP contribution in [0.1, 0.15) is 18.1 Å². The summed E-state index contributed by atoms with van der Waals surface area (Å²) in [4.78, 5) is 11.3. The van der Waals surface area contributed by atoms with E-state index in [4.69, 9.17) is 4.74 Å². The summed E-state index contributed by atoms with van der Waals surface area (Å²) in [6.07, 6.45) is 0. The number of amides is 1. The van der Waals surface area contributed by atoms with Crippen LogP contribution in [-0.2, 0) is 16.1 Å². The van der Waals surface area contributed by atoms with Gasteiger partial charge in [0, 0.05) is 17.6 Å². The molecule has 0 saturated heterocycles. The van der Waals surface area contributed by atoms with E-state index in [1.807, 2.05) is 32.0 Å². The van der Waals surface area contributed by atoms with Crippen LogP contribution >= 0.6 is 15.9 Å². The van der Waals surface area contributed by atoms with E-state index in [1.165, 1.54) is 0 Å². The Balaban J connectivity index is 2.48. The van der Waals surface area contributed by atoms with E-state index in [9.17, 15) is 4.79 Å². The molecular weight excluding hydrogens is 270 g/mol. The molecule has 0 heterocycles. The zero-order valence-electron chi connectivity index (χ0n) is 9.55. The molecule has 1 rings (SSSR count).